The Balaban J connectivity index is 1.70. The van der Waals surface area contributed by atoms with E-state index in [0.29, 0.717) is 0 Å². The molecule has 1 aliphatic heterocycles. The topological polar surface area (TPSA) is 38.0 Å². The Bertz CT molecular complexity index is 737. The molecule has 0 saturated carbocycles. The standard InChI is InChI=1S/C24H34N2O2/c1-23(2)17-24(13-16-28-23,19-26(3)4)18-25-14-12-21(22-11-8-15-27-22)20-9-6-5-7-10-20/h5-11,15,18,21H,12-14,16-17,19H2,1-4H3/t21-,24+/m1/s1. The fraction of sp³-hybridized carbons (Fsp3) is 0.542. The average molecular weight is 383 g/mol. The Labute approximate surface area is 169 Å². The lowest BCUT2D eigenvalue weighted by molar-refractivity contribution is -0.0887. The van der Waals surface area contributed by atoms with Crippen molar-refractivity contribution in [2.24, 2.45) is 10.4 Å². The van der Waals surface area contributed by atoms with Crippen molar-refractivity contribution < 1.29 is 9.15 Å². The molecule has 0 radical (unpaired) electrons. The number of furan rings is 1. The lowest BCUT2D eigenvalue weighted by Crippen LogP contribution is -2.47. The van der Waals surface area contributed by atoms with Gasteiger partial charge in [-0.15, -0.1) is 0 Å². The normalized spacial score (nSPS) is 23.3. The van der Waals surface area contributed by atoms with Crippen molar-refractivity contribution in [1.82, 2.24) is 4.90 Å². The average Bonchev–Trinajstić information content (AvgIpc) is 3.15. The van der Waals surface area contributed by atoms with Gasteiger partial charge in [0.15, 0.2) is 0 Å². The number of hydrogen-bond acceptors (Lipinski definition) is 4. The first-order valence-corrected chi connectivity index (χ1v) is 10.3. The molecule has 0 spiro atoms. The summed E-state index contributed by atoms with van der Waals surface area (Å²) in [4.78, 5) is 7.18. The number of hydrogen-bond donors (Lipinski definition) is 0. The third kappa shape index (κ3) is 5.55. The van der Waals surface area contributed by atoms with E-state index in [4.69, 9.17) is 14.1 Å². The fourth-order valence-corrected chi connectivity index (χ4v) is 4.54. The van der Waals surface area contributed by atoms with Crippen LogP contribution in [-0.4, -0.2) is 50.5 Å². The monoisotopic (exact) mass is 382 g/mol. The molecule has 152 valence electrons. The Morgan fingerprint density at radius 2 is 1.93 bits per heavy atom. The van der Waals surface area contributed by atoms with Crippen molar-refractivity contribution in [2.45, 2.75) is 44.6 Å². The first-order valence-electron chi connectivity index (χ1n) is 10.3. The van der Waals surface area contributed by atoms with Crippen molar-refractivity contribution in [3.8, 4) is 0 Å². The number of ether oxygens (including phenoxy) is 1. The first kappa shape index (κ1) is 20.8. The van der Waals surface area contributed by atoms with E-state index in [1.807, 2.05) is 6.07 Å². The van der Waals surface area contributed by atoms with E-state index in [2.05, 4.69) is 75.5 Å². The molecular formula is C24H34N2O2. The first-order chi connectivity index (χ1) is 13.4. The third-order valence-corrected chi connectivity index (χ3v) is 5.50. The Kier molecular flexibility index (Phi) is 6.73. The molecule has 1 saturated heterocycles. The maximum Gasteiger partial charge on any atom is 0.111 e. The van der Waals surface area contributed by atoms with Gasteiger partial charge in [0.2, 0.25) is 0 Å². The van der Waals surface area contributed by atoms with Crippen LogP contribution in [0.5, 0.6) is 0 Å². The van der Waals surface area contributed by atoms with Crippen LogP contribution in [0.25, 0.3) is 0 Å². The highest BCUT2D eigenvalue weighted by Gasteiger charge is 2.40. The van der Waals surface area contributed by atoms with Gasteiger partial charge in [0.05, 0.1) is 11.9 Å². The molecule has 4 heteroatoms. The van der Waals surface area contributed by atoms with Crippen LogP contribution >= 0.6 is 0 Å². The van der Waals surface area contributed by atoms with Crippen LogP contribution in [-0.2, 0) is 4.74 Å². The van der Waals surface area contributed by atoms with E-state index in [1.54, 1.807) is 6.26 Å². The molecule has 2 atom stereocenters. The molecule has 28 heavy (non-hydrogen) atoms. The third-order valence-electron chi connectivity index (χ3n) is 5.50. The SMILES string of the molecule is CN(C)C[C@@]1(C=NCC[C@H](c2ccccc2)c2ccco2)CCOC(C)(C)C1. The lowest BCUT2D eigenvalue weighted by atomic mass is 9.74. The Hall–Kier alpha value is -1.91. The molecule has 4 nitrogen and oxygen atoms in total. The molecule has 1 aromatic heterocycles. The number of nitrogens with zero attached hydrogens (tertiary/aromatic N) is 2. The van der Waals surface area contributed by atoms with E-state index in [0.717, 1.165) is 44.7 Å². The summed E-state index contributed by atoms with van der Waals surface area (Å²) in [5.41, 5.74) is 1.27. The molecule has 0 amide bonds. The number of benzene rings is 1. The minimum atomic E-state index is -0.0962. The maximum atomic E-state index is 5.96. The van der Waals surface area contributed by atoms with Crippen molar-refractivity contribution in [1.29, 1.82) is 0 Å². The van der Waals surface area contributed by atoms with Crippen LogP contribution in [0, 0.1) is 5.41 Å². The predicted octanol–water partition coefficient (Wildman–Crippen LogP) is 5.01. The maximum absolute atomic E-state index is 5.96. The molecule has 2 heterocycles. The second-order valence-electron chi connectivity index (χ2n) is 8.94. The Morgan fingerprint density at radius 1 is 1.14 bits per heavy atom. The minimum Gasteiger partial charge on any atom is -0.469 e. The zero-order chi connectivity index (χ0) is 20.0. The largest absolute Gasteiger partial charge is 0.469 e. The molecule has 0 unspecified atom stereocenters. The highest BCUT2D eigenvalue weighted by Crippen LogP contribution is 2.38. The van der Waals surface area contributed by atoms with Gasteiger partial charge >= 0.3 is 0 Å². The molecule has 1 aromatic carbocycles. The summed E-state index contributed by atoms with van der Waals surface area (Å²) < 4.78 is 11.7. The van der Waals surface area contributed by atoms with E-state index in [1.165, 1.54) is 5.56 Å². The van der Waals surface area contributed by atoms with Crippen LogP contribution in [0.4, 0.5) is 0 Å². The molecule has 1 aliphatic rings. The van der Waals surface area contributed by atoms with Gasteiger partial charge in [-0.2, -0.15) is 0 Å². The van der Waals surface area contributed by atoms with Crippen molar-refractivity contribution in [2.75, 3.05) is 33.8 Å². The van der Waals surface area contributed by atoms with E-state index >= 15 is 0 Å². The van der Waals surface area contributed by atoms with Crippen LogP contribution < -0.4 is 0 Å². The van der Waals surface area contributed by atoms with Crippen LogP contribution in [0.15, 0.2) is 58.1 Å². The minimum absolute atomic E-state index is 0.0815. The zero-order valence-corrected chi connectivity index (χ0v) is 17.7. The second kappa shape index (κ2) is 9.06. The quantitative estimate of drug-likeness (QED) is 0.602. The summed E-state index contributed by atoms with van der Waals surface area (Å²) in [6, 6.07) is 14.6. The van der Waals surface area contributed by atoms with Gasteiger partial charge in [-0.3, -0.25) is 4.99 Å². The number of rotatable bonds is 8. The smallest absolute Gasteiger partial charge is 0.111 e. The molecule has 2 aromatic rings. The van der Waals surface area contributed by atoms with Crippen molar-refractivity contribution in [3.63, 3.8) is 0 Å². The lowest BCUT2D eigenvalue weighted by Gasteiger charge is -2.44. The molecule has 0 N–H and O–H groups in total. The summed E-state index contributed by atoms with van der Waals surface area (Å²) in [7, 11) is 4.28. The highest BCUT2D eigenvalue weighted by molar-refractivity contribution is 5.66. The molecule has 0 bridgehead atoms. The number of aliphatic imine (C=N–C) groups is 1. The van der Waals surface area contributed by atoms with E-state index < -0.39 is 0 Å². The summed E-state index contributed by atoms with van der Waals surface area (Å²) in [6.07, 6.45) is 6.94. The summed E-state index contributed by atoms with van der Waals surface area (Å²) in [5.74, 6) is 1.25. The van der Waals surface area contributed by atoms with Crippen LogP contribution in [0.3, 0.4) is 0 Å². The molecular weight excluding hydrogens is 348 g/mol. The van der Waals surface area contributed by atoms with Crippen molar-refractivity contribution >= 4 is 6.21 Å². The summed E-state index contributed by atoms with van der Waals surface area (Å²) in [6.45, 7) is 6.96. The van der Waals surface area contributed by atoms with Crippen molar-refractivity contribution in [3.05, 3.63) is 60.1 Å². The molecule has 0 aliphatic carbocycles. The molecule has 3 rings (SSSR count). The van der Waals surface area contributed by atoms with E-state index in [9.17, 15) is 0 Å². The van der Waals surface area contributed by atoms with E-state index in [-0.39, 0.29) is 16.9 Å². The predicted molar refractivity (Wildman–Crippen MR) is 115 cm³/mol. The molecule has 1 fully saturated rings. The van der Waals surface area contributed by atoms with Gasteiger partial charge in [-0.05, 0) is 64.9 Å². The zero-order valence-electron chi connectivity index (χ0n) is 17.7. The van der Waals surface area contributed by atoms with Gasteiger partial charge in [0.25, 0.3) is 0 Å². The Morgan fingerprint density at radius 3 is 2.57 bits per heavy atom. The van der Waals surface area contributed by atoms with Gasteiger partial charge in [0.1, 0.15) is 5.76 Å². The van der Waals surface area contributed by atoms with Gasteiger partial charge in [-0.25, -0.2) is 0 Å². The van der Waals surface area contributed by atoms with Crippen LogP contribution in [0.1, 0.15) is 50.4 Å². The van der Waals surface area contributed by atoms with Crippen LogP contribution in [0.2, 0.25) is 0 Å². The fourth-order valence-electron chi connectivity index (χ4n) is 4.54. The highest BCUT2D eigenvalue weighted by atomic mass is 16.5. The van der Waals surface area contributed by atoms with Gasteiger partial charge in [0, 0.05) is 37.2 Å². The van der Waals surface area contributed by atoms with Gasteiger partial charge in [-0.1, -0.05) is 30.3 Å². The summed E-state index contributed by atoms with van der Waals surface area (Å²) >= 11 is 0. The van der Waals surface area contributed by atoms with Gasteiger partial charge < -0.3 is 14.1 Å². The second-order valence-corrected chi connectivity index (χ2v) is 8.94. The summed E-state index contributed by atoms with van der Waals surface area (Å²) in [5, 5.41) is 0.